The van der Waals surface area contributed by atoms with E-state index >= 15 is 0 Å². The number of hydrogen-bond donors (Lipinski definition) is 1. The van der Waals surface area contributed by atoms with Gasteiger partial charge >= 0.3 is 0 Å². The van der Waals surface area contributed by atoms with E-state index in [4.69, 9.17) is 10.5 Å². The van der Waals surface area contributed by atoms with Gasteiger partial charge in [-0.2, -0.15) is 15.8 Å². The Balaban J connectivity index is 1.83. The molecule has 0 saturated carbocycles. The van der Waals surface area contributed by atoms with E-state index in [9.17, 15) is 15.8 Å². The van der Waals surface area contributed by atoms with Gasteiger partial charge in [0.1, 0.15) is 5.75 Å². The molecule has 0 bridgehead atoms. The molecule has 0 spiro atoms. The van der Waals surface area contributed by atoms with Crippen LogP contribution in [0.15, 0.2) is 78.0 Å². The van der Waals surface area contributed by atoms with Crippen LogP contribution in [0.5, 0.6) is 5.75 Å². The second-order valence-corrected chi connectivity index (χ2v) is 8.14. The molecule has 2 N–H and O–H groups in total. The highest BCUT2D eigenvalue weighted by atomic mass is 16.5. The zero-order valence-electron chi connectivity index (χ0n) is 17.8. The number of nitriles is 3. The van der Waals surface area contributed by atoms with E-state index in [1.165, 1.54) is 0 Å². The van der Waals surface area contributed by atoms with E-state index in [1.807, 2.05) is 54.7 Å². The van der Waals surface area contributed by atoms with Crippen molar-refractivity contribution >= 4 is 0 Å². The standard InChI is InChI=1S/C26H23N5O/c1-32-20-9-7-19(8-10-20)24-23-15-31(14-18-5-3-2-4-6-18)12-11-21(23)22(13-27)25(30)26(24,16-28)17-29/h2-12,23-25H,14-15,30H2,1H3/t23-,24-,25+/m0/s1. The first-order valence-electron chi connectivity index (χ1n) is 10.4. The van der Waals surface area contributed by atoms with Gasteiger partial charge in [0, 0.05) is 24.9 Å². The monoisotopic (exact) mass is 421 g/mol. The second kappa shape index (κ2) is 8.60. The van der Waals surface area contributed by atoms with Gasteiger partial charge in [-0.3, -0.25) is 0 Å². The molecule has 6 heteroatoms. The summed E-state index contributed by atoms with van der Waals surface area (Å²) in [5, 5.41) is 30.3. The van der Waals surface area contributed by atoms with Gasteiger partial charge in [-0.05, 0) is 41.1 Å². The fraction of sp³-hybridized carbons (Fsp3) is 0.269. The molecule has 0 fully saturated rings. The van der Waals surface area contributed by atoms with E-state index < -0.39 is 17.4 Å². The van der Waals surface area contributed by atoms with E-state index in [0.717, 1.165) is 16.7 Å². The predicted octanol–water partition coefficient (Wildman–Crippen LogP) is 3.62. The first kappa shape index (κ1) is 21.2. The number of allylic oxidation sites excluding steroid dienone is 1. The molecule has 2 aliphatic rings. The van der Waals surface area contributed by atoms with Crippen molar-refractivity contribution in [3.8, 4) is 24.0 Å². The van der Waals surface area contributed by atoms with Crippen LogP contribution >= 0.6 is 0 Å². The Labute approximate surface area is 188 Å². The zero-order chi connectivity index (χ0) is 22.7. The number of nitrogens with zero attached hydrogens (tertiary/aromatic N) is 4. The Hall–Kier alpha value is -4.05. The fourth-order valence-corrected chi connectivity index (χ4v) is 4.89. The van der Waals surface area contributed by atoms with Crippen molar-refractivity contribution < 1.29 is 4.74 Å². The summed E-state index contributed by atoms with van der Waals surface area (Å²) in [6.07, 6.45) is 3.89. The maximum Gasteiger partial charge on any atom is 0.170 e. The second-order valence-electron chi connectivity index (χ2n) is 8.14. The quantitative estimate of drug-likeness (QED) is 0.807. The molecule has 3 atom stereocenters. The van der Waals surface area contributed by atoms with Crippen LogP contribution in [0.2, 0.25) is 0 Å². The van der Waals surface area contributed by atoms with Crippen molar-refractivity contribution in [3.05, 3.63) is 89.1 Å². The molecule has 6 nitrogen and oxygen atoms in total. The minimum Gasteiger partial charge on any atom is -0.497 e. The first-order valence-corrected chi connectivity index (χ1v) is 10.4. The maximum atomic E-state index is 10.2. The summed E-state index contributed by atoms with van der Waals surface area (Å²) in [5.74, 6) is -0.0318. The van der Waals surface area contributed by atoms with Crippen molar-refractivity contribution in [1.29, 1.82) is 15.8 Å². The lowest BCUT2D eigenvalue weighted by Gasteiger charge is -2.47. The number of benzene rings is 2. The normalized spacial score (nSPS) is 23.5. The number of nitrogens with two attached hydrogens (primary N) is 1. The van der Waals surface area contributed by atoms with Gasteiger partial charge in [0.25, 0.3) is 0 Å². The molecular weight excluding hydrogens is 398 g/mol. The van der Waals surface area contributed by atoms with Crippen LogP contribution in [0, 0.1) is 45.3 Å². The molecule has 2 aromatic carbocycles. The molecule has 32 heavy (non-hydrogen) atoms. The Morgan fingerprint density at radius 3 is 2.34 bits per heavy atom. The maximum absolute atomic E-state index is 10.2. The zero-order valence-corrected chi connectivity index (χ0v) is 17.8. The molecule has 1 heterocycles. The van der Waals surface area contributed by atoms with Crippen LogP contribution in [-0.4, -0.2) is 24.6 Å². The van der Waals surface area contributed by atoms with Crippen molar-refractivity contribution in [2.75, 3.05) is 13.7 Å². The molecule has 1 aliphatic heterocycles. The molecule has 0 radical (unpaired) electrons. The molecule has 4 rings (SSSR count). The highest BCUT2D eigenvalue weighted by Crippen LogP contribution is 2.53. The lowest BCUT2D eigenvalue weighted by molar-refractivity contribution is 0.211. The van der Waals surface area contributed by atoms with Crippen molar-refractivity contribution in [2.24, 2.45) is 17.1 Å². The number of methoxy groups -OCH3 is 1. The smallest absolute Gasteiger partial charge is 0.170 e. The summed E-state index contributed by atoms with van der Waals surface area (Å²) >= 11 is 0. The Morgan fingerprint density at radius 1 is 1.06 bits per heavy atom. The van der Waals surface area contributed by atoms with E-state index in [1.54, 1.807) is 7.11 Å². The molecule has 0 amide bonds. The highest BCUT2D eigenvalue weighted by molar-refractivity contribution is 5.54. The van der Waals surface area contributed by atoms with E-state index in [-0.39, 0.29) is 5.92 Å². The third-order valence-electron chi connectivity index (χ3n) is 6.49. The van der Waals surface area contributed by atoms with E-state index in [2.05, 4.69) is 35.2 Å². The molecule has 0 unspecified atom stereocenters. The topological polar surface area (TPSA) is 110 Å². The van der Waals surface area contributed by atoms with Gasteiger partial charge in [0.05, 0.1) is 36.9 Å². The highest BCUT2D eigenvalue weighted by Gasteiger charge is 2.56. The number of ether oxygens (including phenoxy) is 1. The number of rotatable bonds is 4. The van der Waals surface area contributed by atoms with Gasteiger partial charge in [-0.25, -0.2) is 0 Å². The number of fused-ring (bicyclic) bond motifs is 1. The third kappa shape index (κ3) is 3.40. The van der Waals surface area contributed by atoms with E-state index in [0.29, 0.717) is 24.4 Å². The lowest BCUT2D eigenvalue weighted by atomic mass is 9.56. The van der Waals surface area contributed by atoms with Crippen molar-refractivity contribution in [1.82, 2.24) is 4.90 Å². The lowest BCUT2D eigenvalue weighted by Crippen LogP contribution is -2.53. The largest absolute Gasteiger partial charge is 0.497 e. The molecule has 0 aromatic heterocycles. The SMILES string of the molecule is COc1ccc([C@H]2[C@H]3CN(Cc4ccccc4)C=CC3=C(C#N)[C@@H](N)C2(C#N)C#N)cc1. The summed E-state index contributed by atoms with van der Waals surface area (Å²) in [5.41, 5.74) is 8.00. The molecule has 158 valence electrons. The van der Waals surface area contributed by atoms with Crippen LogP contribution in [0.25, 0.3) is 0 Å². The Morgan fingerprint density at radius 2 is 1.75 bits per heavy atom. The fourth-order valence-electron chi connectivity index (χ4n) is 4.89. The molecule has 1 aliphatic carbocycles. The third-order valence-corrected chi connectivity index (χ3v) is 6.49. The van der Waals surface area contributed by atoms with Crippen LogP contribution in [0.1, 0.15) is 17.0 Å². The minimum atomic E-state index is -1.56. The molecular formula is C26H23N5O. The Kier molecular flexibility index (Phi) is 5.69. The van der Waals surface area contributed by atoms with Crippen LogP contribution in [-0.2, 0) is 6.54 Å². The van der Waals surface area contributed by atoms with Crippen molar-refractivity contribution in [3.63, 3.8) is 0 Å². The predicted molar refractivity (Wildman–Crippen MR) is 119 cm³/mol. The summed E-state index contributed by atoms with van der Waals surface area (Å²) in [7, 11) is 1.59. The average molecular weight is 422 g/mol. The van der Waals surface area contributed by atoms with Crippen molar-refractivity contribution in [2.45, 2.75) is 18.5 Å². The van der Waals surface area contributed by atoms with Gasteiger partial charge in [-0.15, -0.1) is 0 Å². The molecule has 0 saturated heterocycles. The summed E-state index contributed by atoms with van der Waals surface area (Å²) in [4.78, 5) is 2.16. The molecule has 2 aromatic rings. The first-order chi connectivity index (χ1) is 15.6. The summed E-state index contributed by atoms with van der Waals surface area (Å²) in [6.45, 7) is 1.26. The van der Waals surface area contributed by atoms with Gasteiger partial charge in [-0.1, -0.05) is 42.5 Å². The average Bonchev–Trinajstić information content (AvgIpc) is 2.84. The summed E-state index contributed by atoms with van der Waals surface area (Å²) in [6, 6.07) is 23.1. The number of hydrogen-bond acceptors (Lipinski definition) is 6. The summed E-state index contributed by atoms with van der Waals surface area (Å²) < 4.78 is 5.28. The van der Waals surface area contributed by atoms with Crippen LogP contribution in [0.3, 0.4) is 0 Å². The minimum absolute atomic E-state index is 0.231. The van der Waals surface area contributed by atoms with Gasteiger partial charge in [0.15, 0.2) is 5.41 Å². The van der Waals surface area contributed by atoms with Crippen LogP contribution < -0.4 is 10.5 Å². The van der Waals surface area contributed by atoms with Gasteiger partial charge in [0.2, 0.25) is 0 Å². The van der Waals surface area contributed by atoms with Gasteiger partial charge < -0.3 is 15.4 Å². The van der Waals surface area contributed by atoms with Crippen LogP contribution in [0.4, 0.5) is 0 Å². The Bertz CT molecular complexity index is 1160.